The number of esters is 1. The first-order chi connectivity index (χ1) is 12.7. The largest absolute Gasteiger partial charge is 0.453 e. The molecule has 0 spiro atoms. The van der Waals surface area contributed by atoms with Crippen LogP contribution in [-0.4, -0.2) is 44.9 Å². The first kappa shape index (κ1) is 20.6. The zero-order chi connectivity index (χ0) is 20.1. The van der Waals surface area contributed by atoms with Gasteiger partial charge in [0.1, 0.15) is 5.82 Å². The Bertz CT molecular complexity index is 865. The van der Waals surface area contributed by atoms with E-state index < -0.39 is 12.1 Å². The molecular formula is C20H27N3O4. The van der Waals surface area contributed by atoms with Crippen LogP contribution < -0.4 is 5.56 Å². The summed E-state index contributed by atoms with van der Waals surface area (Å²) in [6, 6.07) is 7.05. The van der Waals surface area contributed by atoms with Crippen molar-refractivity contribution in [3.05, 3.63) is 40.4 Å². The quantitative estimate of drug-likeness (QED) is 0.753. The van der Waals surface area contributed by atoms with Crippen molar-refractivity contribution < 1.29 is 14.3 Å². The van der Waals surface area contributed by atoms with Crippen molar-refractivity contribution in [2.24, 2.45) is 0 Å². The van der Waals surface area contributed by atoms with Gasteiger partial charge in [-0.1, -0.05) is 12.1 Å². The molecule has 1 aromatic heterocycles. The molecule has 7 nitrogen and oxygen atoms in total. The molecule has 0 saturated heterocycles. The number of para-hydroxylation sites is 1. The monoisotopic (exact) mass is 373 g/mol. The molecule has 2 aromatic rings. The van der Waals surface area contributed by atoms with Gasteiger partial charge in [0.2, 0.25) is 0 Å². The predicted molar refractivity (Wildman–Crippen MR) is 103 cm³/mol. The van der Waals surface area contributed by atoms with Crippen molar-refractivity contribution in [1.29, 1.82) is 0 Å². The summed E-state index contributed by atoms with van der Waals surface area (Å²) in [6.07, 6.45) is -0.592. The third kappa shape index (κ3) is 5.15. The smallest absolute Gasteiger partial charge is 0.307 e. The van der Waals surface area contributed by atoms with Gasteiger partial charge in [0, 0.05) is 18.5 Å². The number of carbonyl (C=O) groups is 2. The lowest BCUT2D eigenvalue weighted by Gasteiger charge is -2.32. The van der Waals surface area contributed by atoms with Crippen molar-refractivity contribution in [3.63, 3.8) is 0 Å². The Morgan fingerprint density at radius 1 is 1.11 bits per heavy atom. The number of carbonyl (C=O) groups excluding carboxylic acids is 2. The maximum absolute atomic E-state index is 12.5. The van der Waals surface area contributed by atoms with Gasteiger partial charge in [0.05, 0.1) is 17.3 Å². The summed E-state index contributed by atoms with van der Waals surface area (Å²) in [7, 11) is 0. The number of benzene rings is 1. The summed E-state index contributed by atoms with van der Waals surface area (Å²) in [5.41, 5.74) is 0.342. The molecule has 0 fully saturated rings. The van der Waals surface area contributed by atoms with E-state index in [-0.39, 0.29) is 36.4 Å². The number of hydrogen-bond donors (Lipinski definition) is 1. The van der Waals surface area contributed by atoms with Crippen LogP contribution in [0.5, 0.6) is 0 Å². The Morgan fingerprint density at radius 3 is 2.37 bits per heavy atom. The average Bonchev–Trinajstić information content (AvgIpc) is 2.59. The molecule has 0 unspecified atom stereocenters. The van der Waals surface area contributed by atoms with Gasteiger partial charge in [-0.3, -0.25) is 14.4 Å². The molecule has 0 aliphatic rings. The SMILES string of the molecule is CC(C)N(C(=O)[C@H](C)OC(=O)CCc1nc2ccccc2c(=O)[nH]1)C(C)C. The van der Waals surface area contributed by atoms with E-state index in [2.05, 4.69) is 9.97 Å². The van der Waals surface area contributed by atoms with E-state index in [0.717, 1.165) is 0 Å². The number of hydrogen-bond acceptors (Lipinski definition) is 5. The minimum absolute atomic E-state index is 0.0190. The lowest BCUT2D eigenvalue weighted by Crippen LogP contribution is -2.47. The number of nitrogens with zero attached hydrogens (tertiary/aromatic N) is 2. The van der Waals surface area contributed by atoms with Crippen LogP contribution in [0.25, 0.3) is 10.9 Å². The highest BCUT2D eigenvalue weighted by atomic mass is 16.5. The Morgan fingerprint density at radius 2 is 1.74 bits per heavy atom. The molecule has 7 heteroatoms. The summed E-state index contributed by atoms with van der Waals surface area (Å²) in [5.74, 6) is -0.301. The molecule has 1 amide bonds. The van der Waals surface area contributed by atoms with Gasteiger partial charge in [-0.15, -0.1) is 0 Å². The molecule has 1 N–H and O–H groups in total. The number of aromatic amines is 1. The van der Waals surface area contributed by atoms with Gasteiger partial charge >= 0.3 is 5.97 Å². The predicted octanol–water partition coefficient (Wildman–Crippen LogP) is 2.43. The molecule has 0 aliphatic carbocycles. The van der Waals surface area contributed by atoms with Crippen molar-refractivity contribution in [3.8, 4) is 0 Å². The lowest BCUT2D eigenvalue weighted by atomic mass is 10.2. The first-order valence-corrected chi connectivity index (χ1v) is 9.20. The topological polar surface area (TPSA) is 92.4 Å². The van der Waals surface area contributed by atoms with Crippen LogP contribution >= 0.6 is 0 Å². The van der Waals surface area contributed by atoms with Gasteiger partial charge in [-0.05, 0) is 46.8 Å². The van der Waals surface area contributed by atoms with Gasteiger partial charge in [-0.2, -0.15) is 0 Å². The fraction of sp³-hybridized carbons (Fsp3) is 0.500. The van der Waals surface area contributed by atoms with E-state index in [0.29, 0.717) is 16.7 Å². The number of fused-ring (bicyclic) bond motifs is 1. The third-order valence-electron chi connectivity index (χ3n) is 4.25. The lowest BCUT2D eigenvalue weighted by molar-refractivity contribution is -0.161. The Labute approximate surface area is 158 Å². The normalized spacial score (nSPS) is 12.4. The van der Waals surface area contributed by atoms with Crippen LogP contribution in [0.4, 0.5) is 0 Å². The number of amides is 1. The third-order valence-corrected chi connectivity index (χ3v) is 4.25. The van der Waals surface area contributed by atoms with Crippen molar-refractivity contribution in [1.82, 2.24) is 14.9 Å². The second-order valence-electron chi connectivity index (χ2n) is 7.09. The standard InChI is InChI=1S/C20H27N3O4/c1-12(2)23(13(3)4)20(26)14(5)27-18(24)11-10-17-21-16-9-7-6-8-15(16)19(25)22-17/h6-9,12-14H,10-11H2,1-5H3,(H,21,22,25)/t14-/m0/s1. The van der Waals surface area contributed by atoms with Crippen LogP contribution in [-0.2, 0) is 20.7 Å². The fourth-order valence-corrected chi connectivity index (χ4v) is 3.10. The van der Waals surface area contributed by atoms with Crippen LogP contribution in [0.2, 0.25) is 0 Å². The van der Waals surface area contributed by atoms with Gasteiger partial charge in [0.15, 0.2) is 6.10 Å². The molecule has 1 heterocycles. The van der Waals surface area contributed by atoms with Gasteiger partial charge in [0.25, 0.3) is 11.5 Å². The molecule has 0 saturated carbocycles. The average molecular weight is 373 g/mol. The zero-order valence-corrected chi connectivity index (χ0v) is 16.5. The van der Waals surface area contributed by atoms with E-state index >= 15 is 0 Å². The molecule has 146 valence electrons. The zero-order valence-electron chi connectivity index (χ0n) is 16.5. The Hall–Kier alpha value is -2.70. The Kier molecular flexibility index (Phi) is 6.71. The first-order valence-electron chi connectivity index (χ1n) is 9.20. The minimum Gasteiger partial charge on any atom is -0.453 e. The highest BCUT2D eigenvalue weighted by Gasteiger charge is 2.27. The van der Waals surface area contributed by atoms with Crippen molar-refractivity contribution >= 4 is 22.8 Å². The summed E-state index contributed by atoms with van der Waals surface area (Å²) >= 11 is 0. The van der Waals surface area contributed by atoms with Gasteiger partial charge in [-0.25, -0.2) is 4.98 Å². The van der Waals surface area contributed by atoms with E-state index in [1.54, 1.807) is 36.1 Å². The molecule has 1 aromatic carbocycles. The number of aryl methyl sites for hydroxylation is 1. The maximum Gasteiger partial charge on any atom is 0.307 e. The molecule has 1 atom stereocenters. The van der Waals surface area contributed by atoms with E-state index in [4.69, 9.17) is 4.74 Å². The molecule has 27 heavy (non-hydrogen) atoms. The second-order valence-corrected chi connectivity index (χ2v) is 7.09. The maximum atomic E-state index is 12.5. The van der Waals surface area contributed by atoms with E-state index in [9.17, 15) is 14.4 Å². The van der Waals surface area contributed by atoms with Crippen molar-refractivity contribution in [2.75, 3.05) is 0 Å². The second kappa shape index (κ2) is 8.79. The van der Waals surface area contributed by atoms with Crippen LogP contribution in [0, 0.1) is 0 Å². The van der Waals surface area contributed by atoms with E-state index in [1.807, 2.05) is 27.7 Å². The summed E-state index contributed by atoms with van der Waals surface area (Å²) in [5, 5.41) is 0.505. The molecule has 0 bridgehead atoms. The highest BCUT2D eigenvalue weighted by molar-refractivity contribution is 5.84. The number of nitrogens with one attached hydrogen (secondary N) is 1. The number of H-pyrrole nitrogens is 1. The Balaban J connectivity index is 1.98. The summed E-state index contributed by atoms with van der Waals surface area (Å²) < 4.78 is 5.28. The molecule has 2 rings (SSSR count). The van der Waals surface area contributed by atoms with Gasteiger partial charge < -0.3 is 14.6 Å². The van der Waals surface area contributed by atoms with Crippen LogP contribution in [0.1, 0.15) is 46.9 Å². The van der Waals surface area contributed by atoms with E-state index in [1.165, 1.54) is 0 Å². The fourth-order valence-electron chi connectivity index (χ4n) is 3.10. The number of rotatable bonds is 7. The molecule has 0 radical (unpaired) electrons. The van der Waals surface area contributed by atoms with Crippen molar-refractivity contribution in [2.45, 2.75) is 65.6 Å². The summed E-state index contributed by atoms with van der Waals surface area (Å²) in [6.45, 7) is 9.28. The van der Waals surface area contributed by atoms with Crippen LogP contribution in [0.3, 0.4) is 0 Å². The number of ether oxygens (including phenoxy) is 1. The minimum atomic E-state index is -0.856. The highest BCUT2D eigenvalue weighted by Crippen LogP contribution is 2.11. The molecule has 0 aliphatic heterocycles. The number of aromatic nitrogens is 2. The molecular weight excluding hydrogens is 346 g/mol. The summed E-state index contributed by atoms with van der Waals surface area (Å²) in [4.78, 5) is 45.4. The van der Waals surface area contributed by atoms with Crippen LogP contribution in [0.15, 0.2) is 29.1 Å².